The van der Waals surface area contributed by atoms with Crippen molar-refractivity contribution >= 4 is 21.9 Å². The van der Waals surface area contributed by atoms with Crippen LogP contribution >= 0.6 is 15.9 Å². The Bertz CT molecular complexity index is 472. The van der Waals surface area contributed by atoms with Crippen LogP contribution in [0.4, 0.5) is 13.2 Å². The van der Waals surface area contributed by atoms with Gasteiger partial charge in [0.25, 0.3) is 0 Å². The SMILES string of the molecule is CC(C)(Cc1cc(F)c(Br)c(F)c1F)C(=O)O. The second kappa shape index (κ2) is 4.68. The third-order valence-corrected chi connectivity index (χ3v) is 3.12. The van der Waals surface area contributed by atoms with Crippen LogP contribution in [0.3, 0.4) is 0 Å². The van der Waals surface area contributed by atoms with E-state index in [0.717, 1.165) is 6.07 Å². The van der Waals surface area contributed by atoms with Crippen molar-refractivity contribution in [3.63, 3.8) is 0 Å². The predicted octanol–water partition coefficient (Wildman–Crippen LogP) is 3.52. The molecule has 2 nitrogen and oxygen atoms in total. The van der Waals surface area contributed by atoms with E-state index >= 15 is 0 Å². The summed E-state index contributed by atoms with van der Waals surface area (Å²) < 4.78 is 39.3. The quantitative estimate of drug-likeness (QED) is 0.685. The molecule has 0 atom stereocenters. The molecule has 0 heterocycles. The fraction of sp³-hybridized carbons (Fsp3) is 0.364. The van der Waals surface area contributed by atoms with Crippen molar-refractivity contribution in [3.05, 3.63) is 33.6 Å². The minimum Gasteiger partial charge on any atom is -0.481 e. The van der Waals surface area contributed by atoms with E-state index in [2.05, 4.69) is 15.9 Å². The summed E-state index contributed by atoms with van der Waals surface area (Å²) in [5.74, 6) is -4.70. The standard InChI is InChI=1S/C11H10BrF3O2/c1-11(2,10(16)17)4-5-3-6(13)7(12)9(15)8(5)14/h3H,4H2,1-2H3,(H,16,17). The Kier molecular flexibility index (Phi) is 3.86. The molecule has 1 aromatic rings. The summed E-state index contributed by atoms with van der Waals surface area (Å²) in [5.41, 5.74) is -1.59. The predicted molar refractivity (Wildman–Crippen MR) is 59.1 cm³/mol. The number of rotatable bonds is 3. The Labute approximate surface area is 105 Å². The number of carboxylic acids is 1. The van der Waals surface area contributed by atoms with Crippen LogP contribution in [-0.2, 0) is 11.2 Å². The second-order valence-corrected chi connectivity index (χ2v) is 5.12. The number of hydrogen-bond donors (Lipinski definition) is 1. The molecular formula is C11H10BrF3O2. The Hall–Kier alpha value is -1.04. The van der Waals surface area contributed by atoms with E-state index in [1.807, 2.05) is 0 Å². The summed E-state index contributed by atoms with van der Waals surface area (Å²) in [6, 6.07) is 0.799. The summed E-state index contributed by atoms with van der Waals surface area (Å²) in [4.78, 5) is 10.9. The molecule has 0 spiro atoms. The van der Waals surface area contributed by atoms with Crippen molar-refractivity contribution in [2.45, 2.75) is 20.3 Å². The van der Waals surface area contributed by atoms with Gasteiger partial charge in [0.15, 0.2) is 11.6 Å². The van der Waals surface area contributed by atoms with Gasteiger partial charge in [-0.2, -0.15) is 0 Å². The molecule has 1 aromatic carbocycles. The maximum Gasteiger partial charge on any atom is 0.309 e. The average molecular weight is 311 g/mol. The number of hydrogen-bond acceptors (Lipinski definition) is 1. The Morgan fingerprint density at radius 1 is 1.35 bits per heavy atom. The third-order valence-electron chi connectivity index (χ3n) is 2.39. The van der Waals surface area contributed by atoms with Gasteiger partial charge in [0.05, 0.1) is 9.89 Å². The highest BCUT2D eigenvalue weighted by Crippen LogP contribution is 2.29. The summed E-state index contributed by atoms with van der Waals surface area (Å²) in [6.45, 7) is 2.71. The zero-order valence-electron chi connectivity index (χ0n) is 9.15. The van der Waals surface area contributed by atoms with Gasteiger partial charge in [-0.3, -0.25) is 4.79 Å². The molecule has 0 aromatic heterocycles. The molecule has 0 amide bonds. The molecular weight excluding hydrogens is 301 g/mol. The van der Waals surface area contributed by atoms with Crippen LogP contribution in [0, 0.1) is 22.9 Å². The Morgan fingerprint density at radius 3 is 2.35 bits per heavy atom. The van der Waals surface area contributed by atoms with Crippen molar-refractivity contribution in [3.8, 4) is 0 Å². The zero-order valence-corrected chi connectivity index (χ0v) is 10.7. The first-order valence-corrected chi connectivity index (χ1v) is 5.51. The molecule has 0 fully saturated rings. The van der Waals surface area contributed by atoms with Crippen LogP contribution < -0.4 is 0 Å². The van der Waals surface area contributed by atoms with Gasteiger partial charge in [0.2, 0.25) is 0 Å². The van der Waals surface area contributed by atoms with Gasteiger partial charge >= 0.3 is 5.97 Å². The van der Waals surface area contributed by atoms with Crippen LogP contribution in [0.15, 0.2) is 10.5 Å². The highest BCUT2D eigenvalue weighted by Gasteiger charge is 2.30. The first-order valence-electron chi connectivity index (χ1n) is 4.72. The summed E-state index contributed by atoms with van der Waals surface area (Å²) in [7, 11) is 0. The fourth-order valence-corrected chi connectivity index (χ4v) is 1.59. The van der Waals surface area contributed by atoms with Gasteiger partial charge in [0, 0.05) is 0 Å². The third kappa shape index (κ3) is 2.80. The molecule has 1 rings (SSSR count). The minimum atomic E-state index is -1.35. The molecule has 0 radical (unpaired) electrons. The Balaban J connectivity index is 3.21. The molecule has 0 bridgehead atoms. The average Bonchev–Trinajstić information content (AvgIpc) is 2.22. The lowest BCUT2D eigenvalue weighted by atomic mass is 9.85. The van der Waals surface area contributed by atoms with Crippen molar-refractivity contribution < 1.29 is 23.1 Å². The van der Waals surface area contributed by atoms with E-state index in [4.69, 9.17) is 5.11 Å². The molecule has 0 aliphatic rings. The lowest BCUT2D eigenvalue weighted by molar-refractivity contribution is -0.146. The van der Waals surface area contributed by atoms with Crippen LogP contribution in [0.25, 0.3) is 0 Å². The molecule has 0 saturated carbocycles. The van der Waals surface area contributed by atoms with Gasteiger partial charge < -0.3 is 5.11 Å². The van der Waals surface area contributed by atoms with E-state index in [9.17, 15) is 18.0 Å². The van der Waals surface area contributed by atoms with Gasteiger partial charge in [-0.1, -0.05) is 0 Å². The monoisotopic (exact) mass is 310 g/mol. The number of halogens is 4. The minimum absolute atomic E-state index is 0.296. The van der Waals surface area contributed by atoms with Gasteiger partial charge in [-0.25, -0.2) is 13.2 Å². The molecule has 0 unspecified atom stereocenters. The van der Waals surface area contributed by atoms with E-state index in [1.165, 1.54) is 13.8 Å². The van der Waals surface area contributed by atoms with Crippen molar-refractivity contribution in [1.82, 2.24) is 0 Å². The van der Waals surface area contributed by atoms with E-state index in [1.54, 1.807) is 0 Å². The second-order valence-electron chi connectivity index (χ2n) is 4.33. The molecule has 17 heavy (non-hydrogen) atoms. The van der Waals surface area contributed by atoms with E-state index in [-0.39, 0.29) is 12.0 Å². The summed E-state index contributed by atoms with van der Waals surface area (Å²) in [6.07, 6.45) is -0.296. The van der Waals surface area contributed by atoms with E-state index < -0.39 is 33.3 Å². The molecule has 1 N–H and O–H groups in total. The maximum absolute atomic E-state index is 13.5. The molecule has 94 valence electrons. The number of benzene rings is 1. The van der Waals surface area contributed by atoms with Crippen molar-refractivity contribution in [1.29, 1.82) is 0 Å². The molecule has 6 heteroatoms. The number of carbonyl (C=O) groups is 1. The first kappa shape index (κ1) is 14.0. The molecule has 0 aliphatic carbocycles. The normalized spacial score (nSPS) is 11.6. The molecule has 0 aliphatic heterocycles. The Morgan fingerprint density at radius 2 is 1.88 bits per heavy atom. The van der Waals surface area contributed by atoms with Crippen LogP contribution in [0.2, 0.25) is 0 Å². The van der Waals surface area contributed by atoms with Crippen molar-refractivity contribution in [2.75, 3.05) is 0 Å². The van der Waals surface area contributed by atoms with Crippen LogP contribution in [-0.4, -0.2) is 11.1 Å². The number of carboxylic acid groups (broad SMARTS) is 1. The van der Waals surface area contributed by atoms with Gasteiger partial charge in [0.1, 0.15) is 5.82 Å². The summed E-state index contributed by atoms with van der Waals surface area (Å²) in [5, 5.41) is 8.87. The molecule has 0 saturated heterocycles. The zero-order chi connectivity index (χ0) is 13.4. The summed E-state index contributed by atoms with van der Waals surface area (Å²) >= 11 is 2.57. The lowest BCUT2D eigenvalue weighted by Crippen LogP contribution is -2.27. The lowest BCUT2D eigenvalue weighted by Gasteiger charge is -2.19. The van der Waals surface area contributed by atoms with Gasteiger partial charge in [-0.15, -0.1) is 0 Å². The fourth-order valence-electron chi connectivity index (χ4n) is 1.30. The van der Waals surface area contributed by atoms with Crippen LogP contribution in [0.1, 0.15) is 19.4 Å². The maximum atomic E-state index is 13.5. The first-order chi connectivity index (χ1) is 7.66. The van der Waals surface area contributed by atoms with Crippen molar-refractivity contribution in [2.24, 2.45) is 5.41 Å². The van der Waals surface area contributed by atoms with Crippen LogP contribution in [0.5, 0.6) is 0 Å². The van der Waals surface area contributed by atoms with E-state index in [0.29, 0.717) is 0 Å². The topological polar surface area (TPSA) is 37.3 Å². The highest BCUT2D eigenvalue weighted by atomic mass is 79.9. The smallest absolute Gasteiger partial charge is 0.309 e. The van der Waals surface area contributed by atoms with Gasteiger partial charge in [-0.05, 0) is 47.8 Å². The number of aliphatic carboxylic acids is 1. The highest BCUT2D eigenvalue weighted by molar-refractivity contribution is 9.10. The largest absolute Gasteiger partial charge is 0.481 e.